The maximum atomic E-state index is 12.3. The fourth-order valence-corrected chi connectivity index (χ4v) is 3.17. The minimum Gasteiger partial charge on any atom is -0.481 e. The smallest absolute Gasteiger partial charge is 0.310 e. The van der Waals surface area contributed by atoms with Crippen molar-refractivity contribution < 1.29 is 14.7 Å². The van der Waals surface area contributed by atoms with Crippen molar-refractivity contribution in [2.75, 3.05) is 5.32 Å². The van der Waals surface area contributed by atoms with Crippen molar-refractivity contribution >= 4 is 28.9 Å². The highest BCUT2D eigenvalue weighted by Crippen LogP contribution is 2.44. The normalized spacial score (nSPS) is 16.0. The van der Waals surface area contributed by atoms with Gasteiger partial charge in [0.25, 0.3) is 0 Å². The number of aromatic nitrogens is 2. The van der Waals surface area contributed by atoms with Crippen LogP contribution in [0.25, 0.3) is 11.0 Å². The molecule has 0 unspecified atom stereocenters. The van der Waals surface area contributed by atoms with Gasteiger partial charge in [-0.05, 0) is 31.4 Å². The molecule has 3 rings (SSSR count). The molecule has 1 saturated carbocycles. The molecule has 6 nitrogen and oxygen atoms in total. The van der Waals surface area contributed by atoms with E-state index in [1.807, 2.05) is 28.8 Å². The van der Waals surface area contributed by atoms with Crippen LogP contribution in [0.1, 0.15) is 39.0 Å². The van der Waals surface area contributed by atoms with Crippen LogP contribution in [0.3, 0.4) is 0 Å². The van der Waals surface area contributed by atoms with Gasteiger partial charge < -0.3 is 9.67 Å². The number of anilines is 1. The Morgan fingerprint density at radius 1 is 1.35 bits per heavy atom. The van der Waals surface area contributed by atoms with E-state index in [1.165, 1.54) is 0 Å². The Hall–Kier alpha value is -2.37. The van der Waals surface area contributed by atoms with Gasteiger partial charge in [-0.15, -0.1) is 0 Å². The fraction of sp³-hybridized carbons (Fsp3) is 0.471. The Labute approximate surface area is 134 Å². The summed E-state index contributed by atoms with van der Waals surface area (Å²) in [5.74, 6) is -0.654. The quantitative estimate of drug-likeness (QED) is 0.858. The Kier molecular flexibility index (Phi) is 4.07. The zero-order valence-corrected chi connectivity index (χ0v) is 13.2. The number of benzene rings is 1. The summed E-state index contributed by atoms with van der Waals surface area (Å²) in [6.45, 7) is 2.81. The first-order valence-corrected chi connectivity index (χ1v) is 8.04. The minimum atomic E-state index is -0.883. The molecule has 23 heavy (non-hydrogen) atoms. The first-order chi connectivity index (χ1) is 11.1. The van der Waals surface area contributed by atoms with E-state index in [0.717, 1.165) is 30.4 Å². The molecule has 0 spiro atoms. The van der Waals surface area contributed by atoms with Crippen molar-refractivity contribution in [1.29, 1.82) is 0 Å². The Bertz CT molecular complexity index is 747. The summed E-state index contributed by atoms with van der Waals surface area (Å²) in [6.07, 6.45) is 2.94. The van der Waals surface area contributed by atoms with Crippen molar-refractivity contribution in [3.05, 3.63) is 24.3 Å². The van der Waals surface area contributed by atoms with E-state index in [1.54, 1.807) is 0 Å². The third-order valence-corrected chi connectivity index (χ3v) is 4.62. The predicted octanol–water partition coefficient (Wildman–Crippen LogP) is 3.03. The molecule has 122 valence electrons. The molecule has 2 aromatic rings. The number of nitrogens with zero attached hydrogens (tertiary/aromatic N) is 2. The summed E-state index contributed by atoms with van der Waals surface area (Å²) in [5.41, 5.74) is 0.917. The number of carbonyl (C=O) groups excluding carboxylic acids is 1. The average molecular weight is 315 g/mol. The summed E-state index contributed by atoms with van der Waals surface area (Å²) in [6, 6.07) is 7.72. The summed E-state index contributed by atoms with van der Waals surface area (Å²) in [4.78, 5) is 28.2. The third-order valence-electron chi connectivity index (χ3n) is 4.62. The molecule has 6 heteroatoms. The van der Waals surface area contributed by atoms with Crippen LogP contribution in [0.4, 0.5) is 5.95 Å². The lowest BCUT2D eigenvalue weighted by Gasteiger charge is -2.36. The monoisotopic (exact) mass is 315 g/mol. The Morgan fingerprint density at radius 3 is 2.70 bits per heavy atom. The largest absolute Gasteiger partial charge is 0.481 e. The van der Waals surface area contributed by atoms with Crippen LogP contribution in [0.5, 0.6) is 0 Å². The van der Waals surface area contributed by atoms with Gasteiger partial charge in [0.05, 0.1) is 16.4 Å². The van der Waals surface area contributed by atoms with E-state index in [-0.39, 0.29) is 12.3 Å². The van der Waals surface area contributed by atoms with Crippen LogP contribution in [0, 0.1) is 5.41 Å². The van der Waals surface area contributed by atoms with Crippen LogP contribution in [0.15, 0.2) is 24.3 Å². The third kappa shape index (κ3) is 2.81. The van der Waals surface area contributed by atoms with E-state index >= 15 is 0 Å². The van der Waals surface area contributed by atoms with Gasteiger partial charge in [0.2, 0.25) is 11.9 Å². The second-order valence-corrected chi connectivity index (χ2v) is 6.24. The van der Waals surface area contributed by atoms with Gasteiger partial charge in [-0.25, -0.2) is 4.98 Å². The highest BCUT2D eigenvalue weighted by Gasteiger charge is 2.46. The average Bonchev–Trinajstić information content (AvgIpc) is 2.81. The molecule has 1 aliphatic carbocycles. The molecule has 1 amide bonds. The lowest BCUT2D eigenvalue weighted by Crippen LogP contribution is -2.41. The lowest BCUT2D eigenvalue weighted by molar-refractivity contribution is -0.157. The highest BCUT2D eigenvalue weighted by molar-refractivity contribution is 5.94. The zero-order valence-electron chi connectivity index (χ0n) is 13.2. The number of para-hydroxylation sites is 2. The standard InChI is InChI=1S/C17H21N3O3/c1-2-10-20-13-7-4-3-6-12(13)18-16(20)19-14(21)11-17(15(22)23)8-5-9-17/h3-4,6-7H,2,5,8-11H2,1H3,(H,22,23)(H,18,19,21). The number of carboxylic acid groups (broad SMARTS) is 1. The van der Waals surface area contributed by atoms with Crippen LogP contribution in [0.2, 0.25) is 0 Å². The lowest BCUT2D eigenvalue weighted by atomic mass is 9.66. The second kappa shape index (κ2) is 6.02. The number of aliphatic carboxylic acids is 1. The summed E-state index contributed by atoms with van der Waals surface area (Å²) < 4.78 is 1.97. The highest BCUT2D eigenvalue weighted by atomic mass is 16.4. The molecule has 0 radical (unpaired) electrons. The van der Waals surface area contributed by atoms with Gasteiger partial charge in [-0.2, -0.15) is 0 Å². The molecule has 0 saturated heterocycles. The number of carbonyl (C=O) groups is 2. The molecular weight excluding hydrogens is 294 g/mol. The van der Waals surface area contributed by atoms with Crippen LogP contribution < -0.4 is 5.32 Å². The molecule has 1 fully saturated rings. The topological polar surface area (TPSA) is 84.2 Å². The van der Waals surface area contributed by atoms with E-state index in [4.69, 9.17) is 0 Å². The molecule has 1 aromatic carbocycles. The van der Waals surface area contributed by atoms with Crippen molar-refractivity contribution in [3.63, 3.8) is 0 Å². The number of aryl methyl sites for hydroxylation is 1. The van der Waals surface area contributed by atoms with E-state index in [0.29, 0.717) is 18.8 Å². The Balaban J connectivity index is 1.82. The van der Waals surface area contributed by atoms with Gasteiger partial charge in [0.1, 0.15) is 0 Å². The van der Waals surface area contributed by atoms with E-state index in [2.05, 4.69) is 17.2 Å². The number of imidazole rings is 1. The maximum Gasteiger partial charge on any atom is 0.310 e. The minimum absolute atomic E-state index is 0.0116. The number of fused-ring (bicyclic) bond motifs is 1. The van der Waals surface area contributed by atoms with Gasteiger partial charge in [-0.3, -0.25) is 14.9 Å². The second-order valence-electron chi connectivity index (χ2n) is 6.24. The fourth-order valence-electron chi connectivity index (χ4n) is 3.17. The molecule has 1 aliphatic rings. The first kappa shape index (κ1) is 15.5. The molecule has 1 aromatic heterocycles. The molecular formula is C17H21N3O3. The summed E-state index contributed by atoms with van der Waals surface area (Å²) in [5, 5.41) is 12.2. The number of carboxylic acids is 1. The van der Waals surface area contributed by atoms with Crippen LogP contribution >= 0.6 is 0 Å². The first-order valence-electron chi connectivity index (χ1n) is 8.04. The van der Waals surface area contributed by atoms with E-state index in [9.17, 15) is 14.7 Å². The van der Waals surface area contributed by atoms with Crippen molar-refractivity contribution in [3.8, 4) is 0 Å². The van der Waals surface area contributed by atoms with Crippen LogP contribution in [-0.4, -0.2) is 26.5 Å². The summed E-state index contributed by atoms with van der Waals surface area (Å²) in [7, 11) is 0. The van der Waals surface area contributed by atoms with Crippen molar-refractivity contribution in [2.24, 2.45) is 5.41 Å². The SMILES string of the molecule is CCCn1c(NC(=O)CC2(C(=O)O)CCC2)nc2ccccc21. The van der Waals surface area contributed by atoms with Gasteiger partial charge in [0.15, 0.2) is 0 Å². The number of amides is 1. The van der Waals surface area contributed by atoms with Gasteiger partial charge >= 0.3 is 5.97 Å². The van der Waals surface area contributed by atoms with E-state index < -0.39 is 11.4 Å². The number of nitrogens with one attached hydrogen (secondary N) is 1. The Morgan fingerprint density at radius 2 is 2.09 bits per heavy atom. The molecule has 0 aliphatic heterocycles. The number of rotatable bonds is 6. The van der Waals surface area contributed by atoms with Crippen molar-refractivity contribution in [1.82, 2.24) is 9.55 Å². The molecule has 2 N–H and O–H groups in total. The van der Waals surface area contributed by atoms with Gasteiger partial charge in [-0.1, -0.05) is 25.5 Å². The molecule has 0 bridgehead atoms. The van der Waals surface area contributed by atoms with Crippen LogP contribution in [-0.2, 0) is 16.1 Å². The zero-order chi connectivity index (χ0) is 16.4. The molecule has 1 heterocycles. The molecule has 0 atom stereocenters. The van der Waals surface area contributed by atoms with Crippen molar-refractivity contribution in [2.45, 2.75) is 45.6 Å². The predicted molar refractivity (Wildman–Crippen MR) is 87.2 cm³/mol. The maximum absolute atomic E-state index is 12.3. The number of hydrogen-bond donors (Lipinski definition) is 2. The number of hydrogen-bond acceptors (Lipinski definition) is 3. The van der Waals surface area contributed by atoms with Gasteiger partial charge in [0, 0.05) is 13.0 Å². The summed E-state index contributed by atoms with van der Waals surface area (Å²) >= 11 is 0.